The van der Waals surface area contributed by atoms with Gasteiger partial charge in [-0.05, 0) is 38.5 Å². The first kappa shape index (κ1) is 14.8. The second-order valence-corrected chi connectivity index (χ2v) is 5.45. The maximum atomic E-state index is 5.41. The Morgan fingerprint density at radius 2 is 1.90 bits per heavy atom. The van der Waals surface area contributed by atoms with Crippen LogP contribution in [0.25, 0.3) is 0 Å². The molecule has 6 nitrogen and oxygen atoms in total. The lowest BCUT2D eigenvalue weighted by Gasteiger charge is -2.33. The Kier molecular flexibility index (Phi) is 4.98. The third kappa shape index (κ3) is 3.49. The van der Waals surface area contributed by atoms with Gasteiger partial charge in [-0.15, -0.1) is 0 Å². The summed E-state index contributed by atoms with van der Waals surface area (Å²) in [6, 6.07) is 0.894. The Hall–Kier alpha value is -1.59. The zero-order chi connectivity index (χ0) is 14.5. The fraction of sp³-hybridized carbons (Fsp3) is 0.786. The molecule has 1 saturated carbocycles. The molecule has 0 aliphatic heterocycles. The van der Waals surface area contributed by atoms with Crippen LogP contribution in [0.2, 0.25) is 0 Å². The van der Waals surface area contributed by atoms with E-state index in [2.05, 4.69) is 39.1 Å². The minimum atomic E-state index is 0.387. The molecule has 1 aliphatic rings. The van der Waals surface area contributed by atoms with Crippen LogP contribution in [0, 0.1) is 5.92 Å². The van der Waals surface area contributed by atoms with E-state index in [9.17, 15) is 0 Å². The standard InChI is InChI=1S/C14H25N5O/c1-5-20-14-17-12(15-3)16-13(18-14)19(4)11-8-6-10(2)7-9-11/h10-11H,5-9H2,1-4H3,(H,15,16,17,18). The molecule has 1 fully saturated rings. The Bertz CT molecular complexity index is 432. The van der Waals surface area contributed by atoms with Gasteiger partial charge >= 0.3 is 6.01 Å². The van der Waals surface area contributed by atoms with Crippen LogP contribution in [0.3, 0.4) is 0 Å². The van der Waals surface area contributed by atoms with Gasteiger partial charge in [0.15, 0.2) is 0 Å². The topological polar surface area (TPSA) is 63.2 Å². The molecule has 2 rings (SSSR count). The van der Waals surface area contributed by atoms with Crippen LogP contribution in [0.15, 0.2) is 0 Å². The summed E-state index contributed by atoms with van der Waals surface area (Å²) >= 11 is 0. The van der Waals surface area contributed by atoms with Gasteiger partial charge in [0.05, 0.1) is 6.61 Å². The van der Waals surface area contributed by atoms with Crippen LogP contribution >= 0.6 is 0 Å². The molecule has 0 aromatic carbocycles. The molecular weight excluding hydrogens is 254 g/mol. The lowest BCUT2D eigenvalue weighted by molar-refractivity contribution is 0.309. The van der Waals surface area contributed by atoms with Crippen LogP contribution < -0.4 is 15.0 Å². The van der Waals surface area contributed by atoms with Gasteiger partial charge in [0, 0.05) is 20.1 Å². The molecule has 0 unspecified atom stereocenters. The van der Waals surface area contributed by atoms with Crippen molar-refractivity contribution in [1.29, 1.82) is 0 Å². The van der Waals surface area contributed by atoms with Crippen LogP contribution in [-0.4, -0.2) is 41.7 Å². The van der Waals surface area contributed by atoms with Gasteiger partial charge in [0.2, 0.25) is 11.9 Å². The third-order valence-corrected chi connectivity index (χ3v) is 3.95. The summed E-state index contributed by atoms with van der Waals surface area (Å²) in [5.74, 6) is 2.08. The lowest BCUT2D eigenvalue weighted by atomic mass is 9.87. The zero-order valence-electron chi connectivity index (χ0n) is 12.9. The molecule has 6 heteroatoms. The highest BCUT2D eigenvalue weighted by molar-refractivity contribution is 5.38. The minimum Gasteiger partial charge on any atom is -0.464 e. The van der Waals surface area contributed by atoms with Crippen molar-refractivity contribution >= 4 is 11.9 Å². The largest absolute Gasteiger partial charge is 0.464 e. The summed E-state index contributed by atoms with van der Waals surface area (Å²) in [6.45, 7) is 4.80. The minimum absolute atomic E-state index is 0.387. The molecule has 0 radical (unpaired) electrons. The molecule has 0 spiro atoms. The van der Waals surface area contributed by atoms with E-state index in [0.717, 1.165) is 5.92 Å². The third-order valence-electron chi connectivity index (χ3n) is 3.95. The second kappa shape index (κ2) is 6.72. The van der Waals surface area contributed by atoms with Crippen molar-refractivity contribution in [3.8, 4) is 6.01 Å². The SMILES string of the molecule is CCOc1nc(NC)nc(N(C)C2CCC(C)CC2)n1. The van der Waals surface area contributed by atoms with Gasteiger partial charge < -0.3 is 15.0 Å². The summed E-state index contributed by atoms with van der Waals surface area (Å²) < 4.78 is 5.41. The summed E-state index contributed by atoms with van der Waals surface area (Å²) in [5.41, 5.74) is 0. The highest BCUT2D eigenvalue weighted by atomic mass is 16.5. The summed E-state index contributed by atoms with van der Waals surface area (Å²) in [6.07, 6.45) is 4.94. The quantitative estimate of drug-likeness (QED) is 0.892. The Morgan fingerprint density at radius 1 is 1.20 bits per heavy atom. The van der Waals surface area contributed by atoms with E-state index in [-0.39, 0.29) is 0 Å². The number of hydrogen-bond acceptors (Lipinski definition) is 6. The number of anilines is 2. The maximum Gasteiger partial charge on any atom is 0.323 e. The predicted octanol–water partition coefficient (Wildman–Crippen LogP) is 2.33. The molecule has 112 valence electrons. The van der Waals surface area contributed by atoms with Crippen molar-refractivity contribution in [2.24, 2.45) is 5.92 Å². The van der Waals surface area contributed by atoms with Crippen LogP contribution in [0.1, 0.15) is 39.5 Å². The van der Waals surface area contributed by atoms with E-state index >= 15 is 0 Å². The highest BCUT2D eigenvalue weighted by Gasteiger charge is 2.24. The summed E-state index contributed by atoms with van der Waals surface area (Å²) in [4.78, 5) is 15.2. The first-order chi connectivity index (χ1) is 9.63. The van der Waals surface area contributed by atoms with Gasteiger partial charge in [-0.3, -0.25) is 0 Å². The monoisotopic (exact) mass is 279 g/mol. The molecule has 0 saturated heterocycles. The Labute approximate surface area is 121 Å². The number of aromatic nitrogens is 3. The molecular formula is C14H25N5O. The van der Waals surface area contributed by atoms with Crippen molar-refractivity contribution in [3.63, 3.8) is 0 Å². The summed E-state index contributed by atoms with van der Waals surface area (Å²) in [7, 11) is 3.86. The molecule has 1 N–H and O–H groups in total. The van der Waals surface area contributed by atoms with Gasteiger partial charge in [-0.2, -0.15) is 15.0 Å². The van der Waals surface area contributed by atoms with Gasteiger partial charge in [0.25, 0.3) is 0 Å². The molecule has 0 bridgehead atoms. The van der Waals surface area contributed by atoms with Gasteiger partial charge in [-0.25, -0.2) is 0 Å². The van der Waals surface area contributed by atoms with Crippen molar-refractivity contribution < 1.29 is 4.74 Å². The van der Waals surface area contributed by atoms with Gasteiger partial charge in [-0.1, -0.05) is 6.92 Å². The van der Waals surface area contributed by atoms with E-state index in [0.29, 0.717) is 30.6 Å². The summed E-state index contributed by atoms with van der Waals surface area (Å²) in [5, 5.41) is 2.96. The Balaban J connectivity index is 2.15. The van der Waals surface area contributed by atoms with Crippen LogP contribution in [0.4, 0.5) is 11.9 Å². The number of rotatable bonds is 5. The number of nitrogens with one attached hydrogen (secondary N) is 1. The number of nitrogens with zero attached hydrogens (tertiary/aromatic N) is 4. The highest BCUT2D eigenvalue weighted by Crippen LogP contribution is 2.28. The molecule has 1 aliphatic carbocycles. The van der Waals surface area contributed by atoms with Crippen LogP contribution in [-0.2, 0) is 0 Å². The van der Waals surface area contributed by atoms with Crippen molar-refractivity contribution in [1.82, 2.24) is 15.0 Å². The van der Waals surface area contributed by atoms with E-state index in [1.165, 1.54) is 25.7 Å². The average molecular weight is 279 g/mol. The van der Waals surface area contributed by atoms with Gasteiger partial charge in [0.1, 0.15) is 0 Å². The van der Waals surface area contributed by atoms with Crippen molar-refractivity contribution in [2.45, 2.75) is 45.6 Å². The van der Waals surface area contributed by atoms with E-state index in [1.54, 1.807) is 7.05 Å². The maximum absolute atomic E-state index is 5.41. The fourth-order valence-corrected chi connectivity index (χ4v) is 2.60. The molecule has 1 aromatic rings. The normalized spacial score (nSPS) is 22.4. The smallest absolute Gasteiger partial charge is 0.323 e. The van der Waals surface area contributed by atoms with Crippen molar-refractivity contribution in [2.75, 3.05) is 30.9 Å². The van der Waals surface area contributed by atoms with E-state index < -0.39 is 0 Å². The molecule has 0 atom stereocenters. The first-order valence-electron chi connectivity index (χ1n) is 7.43. The van der Waals surface area contributed by atoms with E-state index in [4.69, 9.17) is 4.74 Å². The predicted molar refractivity (Wildman–Crippen MR) is 80.4 cm³/mol. The molecule has 20 heavy (non-hydrogen) atoms. The second-order valence-electron chi connectivity index (χ2n) is 5.45. The van der Waals surface area contributed by atoms with Crippen molar-refractivity contribution in [3.05, 3.63) is 0 Å². The number of hydrogen-bond donors (Lipinski definition) is 1. The first-order valence-corrected chi connectivity index (χ1v) is 7.43. The lowest BCUT2D eigenvalue weighted by Crippen LogP contribution is -2.36. The number of ether oxygens (including phenoxy) is 1. The molecule has 0 amide bonds. The fourth-order valence-electron chi connectivity index (χ4n) is 2.60. The molecule has 1 aromatic heterocycles. The van der Waals surface area contributed by atoms with Crippen LogP contribution in [0.5, 0.6) is 6.01 Å². The zero-order valence-corrected chi connectivity index (χ0v) is 12.9. The molecule has 1 heterocycles. The van der Waals surface area contributed by atoms with E-state index in [1.807, 2.05) is 6.92 Å². The average Bonchev–Trinajstić information content (AvgIpc) is 2.47. The Morgan fingerprint density at radius 3 is 2.50 bits per heavy atom.